The van der Waals surface area contributed by atoms with Gasteiger partial charge in [0.2, 0.25) is 0 Å². The Morgan fingerprint density at radius 3 is 2.29 bits per heavy atom. The fourth-order valence-electron chi connectivity index (χ4n) is 3.82. The summed E-state index contributed by atoms with van der Waals surface area (Å²) in [6, 6.07) is 4.88. The van der Waals surface area contributed by atoms with Crippen molar-refractivity contribution in [1.29, 1.82) is 0 Å². The van der Waals surface area contributed by atoms with E-state index in [1.807, 2.05) is 6.92 Å². The topological polar surface area (TPSA) is 55.8 Å². The van der Waals surface area contributed by atoms with Gasteiger partial charge in [-0.05, 0) is 44.6 Å². The zero-order valence-corrected chi connectivity index (χ0v) is 23.0. The second kappa shape index (κ2) is 16.5. The SMILES string of the molecule is C=C(CO)C(=O)OCC(CCc1ccc(C(F)(F)C(F)(F)/C(C)=C/C=C(\CC)CCCCC)cc1)COC. The highest BCUT2D eigenvalue weighted by atomic mass is 19.3. The summed E-state index contributed by atoms with van der Waals surface area (Å²) in [5.74, 6) is -9.62. The lowest BCUT2D eigenvalue weighted by Gasteiger charge is -2.28. The number of aryl methyl sites for hydroxylation is 1. The van der Waals surface area contributed by atoms with Crippen molar-refractivity contribution in [3.05, 3.63) is 70.8 Å². The number of allylic oxidation sites excluding steroid dienone is 4. The van der Waals surface area contributed by atoms with Gasteiger partial charge in [-0.2, -0.15) is 17.6 Å². The molecule has 1 rings (SSSR count). The molecule has 38 heavy (non-hydrogen) atoms. The number of hydrogen-bond acceptors (Lipinski definition) is 4. The van der Waals surface area contributed by atoms with Crippen molar-refractivity contribution in [3.63, 3.8) is 0 Å². The molecule has 0 spiro atoms. The average molecular weight is 543 g/mol. The van der Waals surface area contributed by atoms with Crippen LogP contribution >= 0.6 is 0 Å². The van der Waals surface area contributed by atoms with E-state index in [1.165, 1.54) is 19.2 Å². The molecule has 0 heterocycles. The first-order valence-corrected chi connectivity index (χ1v) is 13.1. The van der Waals surface area contributed by atoms with Crippen LogP contribution in [0, 0.1) is 5.92 Å². The number of methoxy groups -OCH3 is 1. The maximum atomic E-state index is 15.0. The fraction of sp³-hybridized carbons (Fsp3) is 0.567. The number of halogens is 4. The largest absolute Gasteiger partial charge is 0.462 e. The van der Waals surface area contributed by atoms with Crippen molar-refractivity contribution in [3.8, 4) is 0 Å². The van der Waals surface area contributed by atoms with Crippen LogP contribution in [-0.2, 0) is 26.6 Å². The van der Waals surface area contributed by atoms with Crippen molar-refractivity contribution in [1.82, 2.24) is 0 Å². The smallest absolute Gasteiger partial charge is 0.339 e. The van der Waals surface area contributed by atoms with Crippen molar-refractivity contribution >= 4 is 5.97 Å². The Labute approximate surface area is 224 Å². The van der Waals surface area contributed by atoms with Crippen LogP contribution in [0.15, 0.2) is 59.7 Å². The van der Waals surface area contributed by atoms with E-state index in [4.69, 9.17) is 14.6 Å². The number of carbonyl (C=O) groups excluding carboxylic acids is 1. The van der Waals surface area contributed by atoms with Gasteiger partial charge in [-0.15, -0.1) is 0 Å². The summed E-state index contributed by atoms with van der Waals surface area (Å²) in [5, 5.41) is 8.95. The molecule has 0 fully saturated rings. The van der Waals surface area contributed by atoms with Crippen molar-refractivity contribution < 1.29 is 36.9 Å². The van der Waals surface area contributed by atoms with E-state index in [-0.39, 0.29) is 18.1 Å². The predicted molar refractivity (Wildman–Crippen MR) is 142 cm³/mol. The Balaban J connectivity index is 2.90. The molecule has 214 valence electrons. The molecule has 1 unspecified atom stereocenters. The Hall–Kier alpha value is -2.45. The number of esters is 1. The second-order valence-corrected chi connectivity index (χ2v) is 9.55. The molecule has 4 nitrogen and oxygen atoms in total. The maximum Gasteiger partial charge on any atom is 0.339 e. The van der Waals surface area contributed by atoms with Crippen molar-refractivity contribution in [2.45, 2.75) is 77.6 Å². The van der Waals surface area contributed by atoms with E-state index in [0.717, 1.165) is 56.4 Å². The van der Waals surface area contributed by atoms with Gasteiger partial charge in [-0.25, -0.2) is 4.79 Å². The first-order valence-electron chi connectivity index (χ1n) is 13.1. The number of rotatable bonds is 18. The molecule has 0 aliphatic rings. The van der Waals surface area contributed by atoms with E-state index in [2.05, 4.69) is 13.5 Å². The van der Waals surface area contributed by atoms with E-state index in [9.17, 15) is 22.4 Å². The van der Waals surface area contributed by atoms with E-state index < -0.39 is 35.6 Å². The Morgan fingerprint density at radius 2 is 1.74 bits per heavy atom. The Kier molecular flexibility index (Phi) is 14.6. The molecule has 1 N–H and O–H groups in total. The van der Waals surface area contributed by atoms with E-state index in [0.29, 0.717) is 31.4 Å². The van der Waals surface area contributed by atoms with E-state index in [1.54, 1.807) is 6.08 Å². The van der Waals surface area contributed by atoms with Crippen molar-refractivity contribution in [2.75, 3.05) is 26.9 Å². The summed E-state index contributed by atoms with van der Waals surface area (Å²) < 4.78 is 69.9. The fourth-order valence-corrected chi connectivity index (χ4v) is 3.82. The number of aliphatic hydroxyl groups excluding tert-OH is 1. The third-order valence-corrected chi connectivity index (χ3v) is 6.50. The Morgan fingerprint density at radius 1 is 1.08 bits per heavy atom. The molecule has 0 saturated heterocycles. The summed E-state index contributed by atoms with van der Waals surface area (Å²) in [4.78, 5) is 11.7. The molecule has 0 bridgehead atoms. The summed E-state index contributed by atoms with van der Waals surface area (Å²) >= 11 is 0. The number of hydrogen-bond donors (Lipinski definition) is 1. The minimum Gasteiger partial charge on any atom is -0.462 e. The van der Waals surface area contributed by atoms with Crippen LogP contribution < -0.4 is 0 Å². The van der Waals surface area contributed by atoms with Gasteiger partial charge >= 0.3 is 17.8 Å². The van der Waals surface area contributed by atoms with Gasteiger partial charge in [0.15, 0.2) is 0 Å². The molecule has 0 saturated carbocycles. The third kappa shape index (κ3) is 10.0. The standard InChI is InChI=1S/C30H42F4O4/c1-6-8-9-10-24(7-2)12-11-23(4)29(31,32)30(33,34)27-17-15-25(16-18-27)13-14-26(20-37-5)21-38-28(36)22(3)19-35/h11-12,15-18,26,35H,3,6-10,13-14,19-21H2,1-2,4-5H3/b23-11+,24-12+. The van der Waals surface area contributed by atoms with Gasteiger partial charge < -0.3 is 14.6 Å². The molecule has 0 aliphatic carbocycles. The van der Waals surface area contributed by atoms with Gasteiger partial charge in [0.1, 0.15) is 0 Å². The lowest BCUT2D eigenvalue weighted by molar-refractivity contribution is -0.193. The highest BCUT2D eigenvalue weighted by Crippen LogP contribution is 2.47. The van der Waals surface area contributed by atoms with Crippen LogP contribution in [0.3, 0.4) is 0 Å². The lowest BCUT2D eigenvalue weighted by atomic mass is 9.94. The van der Waals surface area contributed by atoms with Gasteiger partial charge in [0.05, 0.1) is 25.4 Å². The number of benzene rings is 1. The zero-order chi connectivity index (χ0) is 28.8. The monoisotopic (exact) mass is 542 g/mol. The summed E-state index contributed by atoms with van der Waals surface area (Å²) in [5.41, 5.74) is 0.129. The quantitative estimate of drug-likeness (QED) is 0.0684. The molecule has 0 aromatic heterocycles. The number of unbranched alkanes of at least 4 members (excludes halogenated alkanes) is 2. The Bertz CT molecular complexity index is 936. The average Bonchev–Trinajstić information content (AvgIpc) is 2.91. The summed E-state index contributed by atoms with van der Waals surface area (Å²) in [6.07, 6.45) is 8.08. The first-order chi connectivity index (χ1) is 17.9. The highest BCUT2D eigenvalue weighted by Gasteiger charge is 2.58. The lowest BCUT2D eigenvalue weighted by Crippen LogP contribution is -2.39. The van der Waals surface area contributed by atoms with Crippen molar-refractivity contribution in [2.24, 2.45) is 5.92 Å². The molecule has 1 aromatic carbocycles. The first kappa shape index (κ1) is 33.6. The number of ether oxygens (including phenoxy) is 2. The minimum absolute atomic E-state index is 0.0342. The van der Waals surface area contributed by atoms with E-state index >= 15 is 0 Å². The molecule has 1 atom stereocenters. The summed E-state index contributed by atoms with van der Waals surface area (Å²) in [7, 11) is 1.50. The van der Waals surface area contributed by atoms with Crippen LogP contribution in [0.2, 0.25) is 0 Å². The molecule has 1 aromatic rings. The molecular weight excluding hydrogens is 500 g/mol. The van der Waals surface area contributed by atoms with Crippen LogP contribution in [-0.4, -0.2) is 43.9 Å². The van der Waals surface area contributed by atoms with Crippen LogP contribution in [0.4, 0.5) is 17.6 Å². The number of alkyl halides is 4. The summed E-state index contributed by atoms with van der Waals surface area (Å²) in [6.45, 7) is 8.26. The maximum absolute atomic E-state index is 15.0. The molecular formula is C30H42F4O4. The molecule has 8 heteroatoms. The normalized spacial score (nSPS) is 13.9. The minimum atomic E-state index is -4.38. The third-order valence-electron chi connectivity index (χ3n) is 6.50. The van der Waals surface area contributed by atoms with Crippen LogP contribution in [0.5, 0.6) is 0 Å². The van der Waals surface area contributed by atoms with Crippen LogP contribution in [0.1, 0.15) is 70.4 Å². The highest BCUT2D eigenvalue weighted by molar-refractivity contribution is 5.87. The van der Waals surface area contributed by atoms with Gasteiger partial charge in [-0.3, -0.25) is 0 Å². The van der Waals surface area contributed by atoms with Gasteiger partial charge in [-0.1, -0.05) is 75.3 Å². The zero-order valence-electron chi connectivity index (χ0n) is 23.0. The number of carbonyl (C=O) groups is 1. The van der Waals surface area contributed by atoms with Gasteiger partial charge in [0.25, 0.3) is 0 Å². The van der Waals surface area contributed by atoms with Crippen LogP contribution in [0.25, 0.3) is 0 Å². The second-order valence-electron chi connectivity index (χ2n) is 9.55. The molecule has 0 radical (unpaired) electrons. The number of aliphatic hydroxyl groups is 1. The predicted octanol–water partition coefficient (Wildman–Crippen LogP) is 7.56. The molecule has 0 aliphatic heterocycles. The van der Waals surface area contributed by atoms with Gasteiger partial charge in [0, 0.05) is 24.2 Å². The molecule has 0 amide bonds.